The van der Waals surface area contributed by atoms with Crippen LogP contribution >= 0.6 is 0 Å². The molecule has 0 aliphatic heterocycles. The van der Waals surface area contributed by atoms with E-state index in [0.29, 0.717) is 11.4 Å². The Hall–Kier alpha value is -7.68. The molecule has 11 rings (SSSR count). The van der Waals surface area contributed by atoms with Crippen LogP contribution in [0.1, 0.15) is 16.8 Å². The van der Waals surface area contributed by atoms with Crippen molar-refractivity contribution in [2.45, 2.75) is 0 Å². The minimum Gasteiger partial charge on any atom is -0.298 e. The van der Waals surface area contributed by atoms with Crippen molar-refractivity contribution in [2.24, 2.45) is 0 Å². The van der Waals surface area contributed by atoms with Crippen molar-refractivity contribution in [1.29, 1.82) is 5.41 Å². The summed E-state index contributed by atoms with van der Waals surface area (Å²) in [5, 5.41) is 14.1. The number of nitrogens with zero attached hydrogens (tertiary/aromatic N) is 1. The molecular weight excluding hydrogens is 701 g/mol. The topological polar surface area (TPSA) is 36.7 Å². The van der Waals surface area contributed by atoms with Gasteiger partial charge in [-0.05, 0) is 88.8 Å². The maximum absolute atomic E-state index is 8.97. The second-order valence-electron chi connectivity index (χ2n) is 15.0. The Bertz CT molecular complexity index is 3100. The zero-order valence-electron chi connectivity index (χ0n) is 31.7. The Morgan fingerprint density at radius 1 is 0.414 bits per heavy atom. The van der Waals surface area contributed by atoms with Crippen LogP contribution in [0.5, 0.6) is 0 Å². The summed E-state index contributed by atoms with van der Waals surface area (Å²) in [5.41, 5.74) is 18.6. The van der Waals surface area contributed by atoms with E-state index in [1.807, 2.05) is 48.6 Å². The summed E-state index contributed by atoms with van der Waals surface area (Å²) in [6.07, 6.45) is 10.2. The second kappa shape index (κ2) is 13.8. The van der Waals surface area contributed by atoms with E-state index in [4.69, 9.17) is 10.4 Å². The highest BCUT2D eigenvalue weighted by atomic mass is 14.7. The van der Waals surface area contributed by atoms with Crippen LogP contribution in [-0.2, 0) is 0 Å². The van der Waals surface area contributed by atoms with Crippen molar-refractivity contribution in [2.75, 3.05) is 0 Å². The van der Waals surface area contributed by atoms with Crippen LogP contribution in [0, 0.1) is 5.41 Å². The molecule has 9 aromatic rings. The molecule has 1 N–H and O–H groups in total. The molecule has 2 heteroatoms. The van der Waals surface area contributed by atoms with Gasteiger partial charge in [-0.15, -0.1) is 0 Å². The molecule has 0 saturated carbocycles. The van der Waals surface area contributed by atoms with E-state index in [9.17, 15) is 0 Å². The van der Waals surface area contributed by atoms with Gasteiger partial charge in [0.2, 0.25) is 0 Å². The minimum atomic E-state index is 0.435. The number of pyridine rings is 1. The number of hydrogen-bond acceptors (Lipinski definition) is 2. The van der Waals surface area contributed by atoms with Gasteiger partial charge in [-0.1, -0.05) is 206 Å². The third kappa shape index (κ3) is 5.50. The first-order valence-corrected chi connectivity index (χ1v) is 19.8. The molecule has 1 heterocycles. The summed E-state index contributed by atoms with van der Waals surface area (Å²) in [4.78, 5) is 4.88. The molecule has 0 spiro atoms. The van der Waals surface area contributed by atoms with Crippen molar-refractivity contribution in [1.82, 2.24) is 4.98 Å². The Kier molecular flexibility index (Phi) is 8.01. The first-order valence-electron chi connectivity index (χ1n) is 19.8. The van der Waals surface area contributed by atoms with Gasteiger partial charge in [-0.3, -0.25) is 5.41 Å². The van der Waals surface area contributed by atoms with E-state index in [1.165, 1.54) is 77.2 Å². The van der Waals surface area contributed by atoms with Crippen LogP contribution in [0.4, 0.5) is 0 Å². The number of fused-ring (bicyclic) bond motifs is 5. The largest absolute Gasteiger partial charge is 0.298 e. The Morgan fingerprint density at radius 3 is 1.64 bits per heavy atom. The zero-order valence-corrected chi connectivity index (χ0v) is 31.7. The standard InChI is InChI=1S/C56H36N2/c57-55-41(30-31-42-32-35-49(58-56(42)55)38-15-4-1-5-16-38)21-12-14-36-26-28-37(29-27-36)43-33-34-48-52-44(43)24-13-25-47(52)53-50(39-17-6-2-7-18-39)45-22-10-11-23-46(45)51(54(48)53)40-19-8-3-9-20-40/h1-35,57H/b14-12+,41-21-,57-55?. The van der Waals surface area contributed by atoms with Crippen molar-refractivity contribution in [3.8, 4) is 66.9 Å². The number of aromatic nitrogens is 1. The quantitative estimate of drug-likeness (QED) is 0.181. The van der Waals surface area contributed by atoms with E-state index in [1.54, 1.807) is 0 Å². The van der Waals surface area contributed by atoms with Gasteiger partial charge in [0.1, 0.15) is 0 Å². The SMILES string of the molecule is N=C1/C(=C\C=C\c2ccc(-c3ccc4c5c(cccc35)-c3c-4c(-c4ccccc4)c4ccccc4c3-c3ccccc3)cc2)C=Cc2ccc(-c3ccccc3)nc21. The first kappa shape index (κ1) is 33.6. The summed E-state index contributed by atoms with van der Waals surface area (Å²) < 4.78 is 0. The van der Waals surface area contributed by atoms with E-state index in [-0.39, 0.29) is 0 Å². The van der Waals surface area contributed by atoms with E-state index < -0.39 is 0 Å². The van der Waals surface area contributed by atoms with Gasteiger partial charge in [0.05, 0.1) is 17.1 Å². The first-order chi connectivity index (χ1) is 28.7. The normalized spacial score (nSPS) is 13.4. The fraction of sp³-hybridized carbons (Fsp3) is 0. The van der Waals surface area contributed by atoms with Crippen molar-refractivity contribution >= 4 is 39.4 Å². The maximum atomic E-state index is 8.97. The highest BCUT2D eigenvalue weighted by Crippen LogP contribution is 2.58. The highest BCUT2D eigenvalue weighted by molar-refractivity contribution is 6.28. The lowest BCUT2D eigenvalue weighted by Crippen LogP contribution is -2.11. The monoisotopic (exact) mass is 736 g/mol. The number of rotatable bonds is 6. The Balaban J connectivity index is 0.966. The molecule has 0 amide bonds. The van der Waals surface area contributed by atoms with Crippen LogP contribution in [0.15, 0.2) is 206 Å². The molecule has 2 aliphatic rings. The Labute approximate surface area is 338 Å². The number of allylic oxidation sites excluding steroid dienone is 4. The molecule has 58 heavy (non-hydrogen) atoms. The van der Waals surface area contributed by atoms with Gasteiger partial charge < -0.3 is 0 Å². The lowest BCUT2D eigenvalue weighted by molar-refractivity contribution is 1.25. The molecule has 1 aromatic heterocycles. The third-order valence-corrected chi connectivity index (χ3v) is 11.7. The van der Waals surface area contributed by atoms with Crippen LogP contribution in [-0.4, -0.2) is 10.7 Å². The zero-order chi connectivity index (χ0) is 38.6. The predicted octanol–water partition coefficient (Wildman–Crippen LogP) is 14.7. The fourth-order valence-corrected chi connectivity index (χ4v) is 9.01. The smallest absolute Gasteiger partial charge is 0.0964 e. The average Bonchev–Trinajstić information content (AvgIpc) is 3.62. The predicted molar refractivity (Wildman–Crippen MR) is 245 cm³/mol. The number of nitrogens with one attached hydrogen (secondary N) is 1. The Morgan fingerprint density at radius 2 is 0.983 bits per heavy atom. The molecular formula is C56H36N2. The van der Waals surface area contributed by atoms with Crippen molar-refractivity contribution in [3.63, 3.8) is 0 Å². The molecule has 2 aliphatic carbocycles. The molecule has 0 atom stereocenters. The molecule has 270 valence electrons. The summed E-state index contributed by atoms with van der Waals surface area (Å²) >= 11 is 0. The fourth-order valence-electron chi connectivity index (χ4n) is 9.01. The van der Waals surface area contributed by atoms with E-state index >= 15 is 0 Å². The highest BCUT2D eigenvalue weighted by Gasteiger charge is 2.31. The van der Waals surface area contributed by atoms with Gasteiger partial charge in [0, 0.05) is 16.7 Å². The van der Waals surface area contributed by atoms with Crippen LogP contribution in [0.2, 0.25) is 0 Å². The van der Waals surface area contributed by atoms with Gasteiger partial charge in [0.15, 0.2) is 0 Å². The van der Waals surface area contributed by atoms with Gasteiger partial charge in [-0.2, -0.15) is 0 Å². The average molecular weight is 737 g/mol. The van der Waals surface area contributed by atoms with Crippen LogP contribution in [0.3, 0.4) is 0 Å². The van der Waals surface area contributed by atoms with E-state index in [0.717, 1.165) is 28.0 Å². The van der Waals surface area contributed by atoms with E-state index in [2.05, 4.69) is 164 Å². The third-order valence-electron chi connectivity index (χ3n) is 11.7. The van der Waals surface area contributed by atoms with Crippen molar-refractivity contribution < 1.29 is 0 Å². The van der Waals surface area contributed by atoms with Gasteiger partial charge in [-0.25, -0.2) is 4.98 Å². The molecule has 0 unspecified atom stereocenters. The molecule has 0 saturated heterocycles. The summed E-state index contributed by atoms with van der Waals surface area (Å²) in [5.74, 6) is 0. The van der Waals surface area contributed by atoms with Crippen LogP contribution < -0.4 is 0 Å². The molecule has 0 bridgehead atoms. The molecule has 8 aromatic carbocycles. The summed E-state index contributed by atoms with van der Waals surface area (Å²) in [6.45, 7) is 0. The molecule has 0 radical (unpaired) electrons. The molecule has 0 fully saturated rings. The van der Waals surface area contributed by atoms with Crippen LogP contribution in [0.25, 0.3) is 101 Å². The van der Waals surface area contributed by atoms with Gasteiger partial charge >= 0.3 is 0 Å². The summed E-state index contributed by atoms with van der Waals surface area (Å²) in [7, 11) is 0. The number of hydrogen-bond donors (Lipinski definition) is 1. The second-order valence-corrected chi connectivity index (χ2v) is 15.0. The summed E-state index contributed by atoms with van der Waals surface area (Å²) in [6, 6.07) is 65.2. The lowest BCUT2D eigenvalue weighted by Gasteiger charge is -2.20. The van der Waals surface area contributed by atoms with Crippen molar-refractivity contribution in [3.05, 3.63) is 223 Å². The minimum absolute atomic E-state index is 0.435. The number of benzene rings is 8. The maximum Gasteiger partial charge on any atom is 0.0964 e. The van der Waals surface area contributed by atoms with Gasteiger partial charge in [0.25, 0.3) is 0 Å². The lowest BCUT2D eigenvalue weighted by atomic mass is 9.82. The molecule has 2 nitrogen and oxygen atoms in total.